The largest absolute Gasteiger partial charge is 0.377 e. The number of carbonyl (C=O) groups excluding carboxylic acids is 1. The van der Waals surface area contributed by atoms with Crippen LogP contribution in [0.1, 0.15) is 68.1 Å². The lowest BCUT2D eigenvalue weighted by Crippen LogP contribution is -2.38. The maximum absolute atomic E-state index is 13.0. The molecule has 1 aromatic carbocycles. The molecule has 1 amide bonds. The van der Waals surface area contributed by atoms with Crippen LogP contribution in [0, 0.1) is 0 Å². The highest BCUT2D eigenvalue weighted by atomic mass is 16.5. The van der Waals surface area contributed by atoms with Gasteiger partial charge in [-0.2, -0.15) is 0 Å². The molecule has 2 aromatic heterocycles. The Morgan fingerprint density at radius 3 is 2.50 bits per heavy atom. The van der Waals surface area contributed by atoms with Gasteiger partial charge in [-0.25, -0.2) is 4.98 Å². The first kappa shape index (κ1) is 22.3. The average molecular weight is 435 g/mol. The summed E-state index contributed by atoms with van der Waals surface area (Å²) in [6, 6.07) is 13.9. The number of ether oxygens (including phenoxy) is 1. The molecule has 0 aliphatic carbocycles. The van der Waals surface area contributed by atoms with E-state index >= 15 is 0 Å². The van der Waals surface area contributed by atoms with E-state index in [1.54, 1.807) is 0 Å². The first-order valence-corrected chi connectivity index (χ1v) is 11.6. The molecular formula is C26H34N4O2. The SMILES string of the molecule is CCOCc1ccc(C(=O)N2CCC(c3nc4ccccn4c3NC(C)(C)C)CC2)cc1. The summed E-state index contributed by atoms with van der Waals surface area (Å²) in [5.74, 6) is 1.51. The Labute approximate surface area is 190 Å². The minimum atomic E-state index is -0.0639. The van der Waals surface area contributed by atoms with E-state index in [9.17, 15) is 4.79 Å². The Hall–Kier alpha value is -2.86. The molecule has 1 aliphatic heterocycles. The molecule has 1 fully saturated rings. The van der Waals surface area contributed by atoms with Gasteiger partial charge in [-0.05, 0) is 70.4 Å². The number of nitrogens with one attached hydrogen (secondary N) is 1. The van der Waals surface area contributed by atoms with Gasteiger partial charge in [0.05, 0.1) is 12.3 Å². The average Bonchev–Trinajstić information content (AvgIpc) is 3.14. The van der Waals surface area contributed by atoms with Gasteiger partial charge >= 0.3 is 0 Å². The minimum absolute atomic E-state index is 0.0639. The highest BCUT2D eigenvalue weighted by molar-refractivity contribution is 5.94. The second-order valence-electron chi connectivity index (χ2n) is 9.55. The van der Waals surface area contributed by atoms with E-state index in [1.807, 2.05) is 54.3 Å². The van der Waals surface area contributed by atoms with Crippen LogP contribution in [0.4, 0.5) is 5.82 Å². The zero-order valence-corrected chi connectivity index (χ0v) is 19.6. The number of carbonyl (C=O) groups is 1. The van der Waals surface area contributed by atoms with Crippen LogP contribution in [-0.4, -0.2) is 45.4 Å². The molecule has 1 N–H and O–H groups in total. The van der Waals surface area contributed by atoms with Crippen LogP contribution in [0.25, 0.3) is 5.65 Å². The Balaban J connectivity index is 1.46. The fraction of sp³-hybridized carbons (Fsp3) is 0.462. The Kier molecular flexibility index (Phi) is 6.51. The van der Waals surface area contributed by atoms with Gasteiger partial charge in [-0.3, -0.25) is 9.20 Å². The molecule has 0 spiro atoms. The van der Waals surface area contributed by atoms with Crippen molar-refractivity contribution in [3.63, 3.8) is 0 Å². The van der Waals surface area contributed by atoms with E-state index in [4.69, 9.17) is 9.72 Å². The topological polar surface area (TPSA) is 58.9 Å². The highest BCUT2D eigenvalue weighted by Crippen LogP contribution is 2.34. The number of anilines is 1. The van der Waals surface area contributed by atoms with E-state index in [1.165, 1.54) is 0 Å². The molecule has 4 rings (SSSR count). The van der Waals surface area contributed by atoms with Gasteiger partial charge in [0.1, 0.15) is 11.5 Å². The number of imidazole rings is 1. The van der Waals surface area contributed by atoms with Crippen LogP contribution in [-0.2, 0) is 11.3 Å². The second-order valence-corrected chi connectivity index (χ2v) is 9.55. The van der Waals surface area contributed by atoms with Crippen LogP contribution in [0.15, 0.2) is 48.7 Å². The van der Waals surface area contributed by atoms with Crippen molar-refractivity contribution < 1.29 is 9.53 Å². The Morgan fingerprint density at radius 1 is 1.12 bits per heavy atom. The van der Waals surface area contributed by atoms with Gasteiger partial charge in [0.2, 0.25) is 0 Å². The van der Waals surface area contributed by atoms with E-state index in [0.29, 0.717) is 19.1 Å². The molecule has 0 saturated carbocycles. The number of nitrogens with zero attached hydrogens (tertiary/aromatic N) is 3. The number of piperidine rings is 1. The van der Waals surface area contributed by atoms with Crippen LogP contribution < -0.4 is 5.32 Å². The van der Waals surface area contributed by atoms with Gasteiger partial charge in [0.15, 0.2) is 0 Å². The number of hydrogen-bond acceptors (Lipinski definition) is 4. The summed E-state index contributed by atoms with van der Waals surface area (Å²) in [6.45, 7) is 11.2. The van der Waals surface area contributed by atoms with Gasteiger partial charge in [0, 0.05) is 42.9 Å². The fourth-order valence-corrected chi connectivity index (χ4v) is 4.28. The lowest BCUT2D eigenvalue weighted by molar-refractivity contribution is 0.0712. The van der Waals surface area contributed by atoms with E-state index < -0.39 is 0 Å². The lowest BCUT2D eigenvalue weighted by Gasteiger charge is -2.32. The molecule has 32 heavy (non-hydrogen) atoms. The molecule has 3 aromatic rings. The van der Waals surface area contributed by atoms with Crippen molar-refractivity contribution in [3.05, 3.63) is 65.5 Å². The molecule has 1 saturated heterocycles. The minimum Gasteiger partial charge on any atom is -0.377 e. The molecule has 1 aliphatic rings. The number of benzene rings is 1. The molecule has 0 bridgehead atoms. The Morgan fingerprint density at radius 2 is 1.84 bits per heavy atom. The maximum atomic E-state index is 13.0. The van der Waals surface area contributed by atoms with Crippen molar-refractivity contribution in [1.29, 1.82) is 0 Å². The van der Waals surface area contributed by atoms with E-state index in [2.05, 4.69) is 36.7 Å². The van der Waals surface area contributed by atoms with Crippen molar-refractivity contribution in [2.75, 3.05) is 25.0 Å². The standard InChI is InChI=1S/C26H34N4O2/c1-5-32-18-19-9-11-21(12-10-19)25(31)29-16-13-20(14-17-29)23-24(28-26(2,3)4)30-15-7-6-8-22(30)27-23/h6-12,15,20,28H,5,13-14,16-18H2,1-4H3. The monoisotopic (exact) mass is 434 g/mol. The van der Waals surface area contributed by atoms with Gasteiger partial charge in [-0.15, -0.1) is 0 Å². The van der Waals surface area contributed by atoms with Gasteiger partial charge in [0.25, 0.3) is 5.91 Å². The van der Waals surface area contributed by atoms with Crippen molar-refractivity contribution in [2.45, 2.75) is 58.6 Å². The number of amides is 1. The summed E-state index contributed by atoms with van der Waals surface area (Å²) < 4.78 is 7.58. The third-order valence-electron chi connectivity index (χ3n) is 5.89. The molecule has 6 nitrogen and oxygen atoms in total. The Bertz CT molecular complexity index is 1060. The molecular weight excluding hydrogens is 400 g/mol. The third kappa shape index (κ3) is 4.96. The molecule has 0 unspecified atom stereocenters. The van der Waals surface area contributed by atoms with Crippen molar-refractivity contribution >= 4 is 17.4 Å². The highest BCUT2D eigenvalue weighted by Gasteiger charge is 2.29. The van der Waals surface area contributed by atoms with Crippen LogP contribution in [0.3, 0.4) is 0 Å². The zero-order valence-electron chi connectivity index (χ0n) is 19.6. The number of aromatic nitrogens is 2. The summed E-state index contributed by atoms with van der Waals surface area (Å²) in [7, 11) is 0. The number of fused-ring (bicyclic) bond motifs is 1. The van der Waals surface area contributed by atoms with E-state index in [0.717, 1.165) is 54.2 Å². The molecule has 3 heterocycles. The predicted octanol–water partition coefficient (Wildman–Crippen LogP) is 5.10. The number of hydrogen-bond donors (Lipinski definition) is 1. The second kappa shape index (κ2) is 9.33. The maximum Gasteiger partial charge on any atom is 0.253 e. The van der Waals surface area contributed by atoms with Gasteiger partial charge in [-0.1, -0.05) is 18.2 Å². The molecule has 170 valence electrons. The summed E-state index contributed by atoms with van der Waals surface area (Å²) in [4.78, 5) is 20.0. The van der Waals surface area contributed by atoms with Crippen molar-refractivity contribution in [2.24, 2.45) is 0 Å². The fourth-order valence-electron chi connectivity index (χ4n) is 4.28. The van der Waals surface area contributed by atoms with Crippen LogP contribution in [0.5, 0.6) is 0 Å². The third-order valence-corrected chi connectivity index (χ3v) is 5.89. The summed E-state index contributed by atoms with van der Waals surface area (Å²) in [5, 5.41) is 3.66. The molecule has 0 atom stereocenters. The first-order chi connectivity index (χ1) is 15.4. The summed E-state index contributed by atoms with van der Waals surface area (Å²) >= 11 is 0. The number of likely N-dealkylation sites (tertiary alicyclic amines) is 1. The molecule has 0 radical (unpaired) electrons. The normalized spacial score (nSPS) is 15.3. The first-order valence-electron chi connectivity index (χ1n) is 11.6. The summed E-state index contributed by atoms with van der Waals surface area (Å²) in [6.07, 6.45) is 3.89. The van der Waals surface area contributed by atoms with Crippen molar-refractivity contribution in [1.82, 2.24) is 14.3 Å². The van der Waals surface area contributed by atoms with Crippen LogP contribution in [0.2, 0.25) is 0 Å². The van der Waals surface area contributed by atoms with Gasteiger partial charge < -0.3 is 15.0 Å². The number of pyridine rings is 1. The van der Waals surface area contributed by atoms with Crippen LogP contribution >= 0.6 is 0 Å². The smallest absolute Gasteiger partial charge is 0.253 e. The van der Waals surface area contributed by atoms with Crippen molar-refractivity contribution in [3.8, 4) is 0 Å². The lowest BCUT2D eigenvalue weighted by atomic mass is 9.92. The van der Waals surface area contributed by atoms with E-state index in [-0.39, 0.29) is 11.4 Å². The number of rotatable bonds is 6. The predicted molar refractivity (Wildman–Crippen MR) is 128 cm³/mol. The zero-order chi connectivity index (χ0) is 22.7. The quantitative estimate of drug-likeness (QED) is 0.586. The molecule has 6 heteroatoms. The summed E-state index contributed by atoms with van der Waals surface area (Å²) in [5.41, 5.74) is 3.84.